The SMILES string of the molecule is CC/C=C(\C)CCCCOC(O)C(C)(C)C. The lowest BCUT2D eigenvalue weighted by atomic mass is 9.96. The number of allylic oxidation sites excluding steroid dienone is 2. The van der Waals surface area contributed by atoms with Gasteiger partial charge in [0.2, 0.25) is 0 Å². The molecule has 1 N–H and O–H groups in total. The third-order valence-electron chi connectivity index (χ3n) is 2.53. The van der Waals surface area contributed by atoms with Gasteiger partial charge in [-0.2, -0.15) is 0 Å². The highest BCUT2D eigenvalue weighted by Crippen LogP contribution is 2.20. The minimum Gasteiger partial charge on any atom is -0.368 e. The number of aliphatic hydroxyl groups is 1. The molecule has 0 radical (unpaired) electrons. The Morgan fingerprint density at radius 1 is 1.31 bits per heavy atom. The molecule has 0 aromatic rings. The minimum atomic E-state index is -0.653. The summed E-state index contributed by atoms with van der Waals surface area (Å²) in [5.74, 6) is 0. The summed E-state index contributed by atoms with van der Waals surface area (Å²) in [7, 11) is 0. The Hall–Kier alpha value is -0.340. The van der Waals surface area contributed by atoms with Gasteiger partial charge in [0.25, 0.3) is 0 Å². The number of hydrogen-bond donors (Lipinski definition) is 1. The van der Waals surface area contributed by atoms with Crippen molar-refractivity contribution in [1.82, 2.24) is 0 Å². The molecule has 0 aliphatic carbocycles. The molecule has 0 spiro atoms. The lowest BCUT2D eigenvalue weighted by molar-refractivity contribution is -0.159. The lowest BCUT2D eigenvalue weighted by Gasteiger charge is -2.25. The molecule has 0 rings (SSSR count). The fraction of sp³-hybridized carbons (Fsp3) is 0.857. The van der Waals surface area contributed by atoms with E-state index in [1.807, 2.05) is 20.8 Å². The average Bonchev–Trinajstić information content (AvgIpc) is 2.16. The van der Waals surface area contributed by atoms with Crippen LogP contribution >= 0.6 is 0 Å². The molecule has 2 nitrogen and oxygen atoms in total. The summed E-state index contributed by atoms with van der Waals surface area (Å²) in [5, 5.41) is 9.64. The van der Waals surface area contributed by atoms with Crippen molar-refractivity contribution < 1.29 is 9.84 Å². The van der Waals surface area contributed by atoms with Gasteiger partial charge in [0.1, 0.15) is 0 Å². The maximum Gasteiger partial charge on any atom is 0.159 e. The van der Waals surface area contributed by atoms with Crippen molar-refractivity contribution in [2.75, 3.05) is 6.61 Å². The van der Waals surface area contributed by atoms with Crippen LogP contribution in [-0.2, 0) is 4.74 Å². The highest BCUT2D eigenvalue weighted by molar-refractivity contribution is 4.96. The third kappa shape index (κ3) is 7.89. The summed E-state index contributed by atoms with van der Waals surface area (Å²) >= 11 is 0. The van der Waals surface area contributed by atoms with Crippen molar-refractivity contribution in [1.29, 1.82) is 0 Å². The van der Waals surface area contributed by atoms with Crippen LogP contribution in [0.25, 0.3) is 0 Å². The second-order valence-corrected chi connectivity index (χ2v) is 5.51. The predicted molar refractivity (Wildman–Crippen MR) is 69.3 cm³/mol. The predicted octanol–water partition coefficient (Wildman–Crippen LogP) is 3.89. The van der Waals surface area contributed by atoms with E-state index < -0.39 is 6.29 Å². The van der Waals surface area contributed by atoms with E-state index in [4.69, 9.17) is 4.74 Å². The summed E-state index contributed by atoms with van der Waals surface area (Å²) in [6.45, 7) is 10.9. The van der Waals surface area contributed by atoms with Gasteiger partial charge < -0.3 is 9.84 Å². The van der Waals surface area contributed by atoms with Gasteiger partial charge in [0, 0.05) is 12.0 Å². The molecule has 0 aliphatic rings. The zero-order valence-corrected chi connectivity index (χ0v) is 11.5. The molecule has 0 heterocycles. The second kappa shape index (κ2) is 7.86. The second-order valence-electron chi connectivity index (χ2n) is 5.51. The van der Waals surface area contributed by atoms with Gasteiger partial charge in [-0.05, 0) is 32.6 Å². The van der Waals surface area contributed by atoms with Crippen LogP contribution in [0, 0.1) is 5.41 Å². The van der Waals surface area contributed by atoms with E-state index >= 15 is 0 Å². The van der Waals surface area contributed by atoms with Gasteiger partial charge in [-0.15, -0.1) is 0 Å². The first kappa shape index (κ1) is 15.7. The molecule has 96 valence electrons. The molecule has 0 bridgehead atoms. The van der Waals surface area contributed by atoms with E-state index in [1.165, 1.54) is 5.57 Å². The number of hydrogen-bond acceptors (Lipinski definition) is 2. The van der Waals surface area contributed by atoms with Crippen molar-refractivity contribution >= 4 is 0 Å². The molecular formula is C14H28O2. The van der Waals surface area contributed by atoms with E-state index in [1.54, 1.807) is 0 Å². The summed E-state index contributed by atoms with van der Waals surface area (Å²) in [6, 6.07) is 0. The van der Waals surface area contributed by atoms with Crippen molar-refractivity contribution in [2.24, 2.45) is 5.41 Å². The molecule has 0 aliphatic heterocycles. The van der Waals surface area contributed by atoms with E-state index in [0.29, 0.717) is 6.61 Å². The molecule has 0 saturated heterocycles. The van der Waals surface area contributed by atoms with Crippen LogP contribution in [0.2, 0.25) is 0 Å². The molecule has 0 amide bonds. The summed E-state index contributed by atoms with van der Waals surface area (Å²) in [6.07, 6.45) is 6.03. The molecule has 16 heavy (non-hydrogen) atoms. The first-order valence-electron chi connectivity index (χ1n) is 6.33. The molecule has 0 saturated carbocycles. The average molecular weight is 228 g/mol. The Morgan fingerprint density at radius 2 is 1.94 bits per heavy atom. The number of unbranched alkanes of at least 4 members (excludes halogenated alkanes) is 1. The molecular weight excluding hydrogens is 200 g/mol. The molecule has 1 atom stereocenters. The largest absolute Gasteiger partial charge is 0.368 e. The zero-order valence-electron chi connectivity index (χ0n) is 11.5. The monoisotopic (exact) mass is 228 g/mol. The highest BCUT2D eigenvalue weighted by Gasteiger charge is 2.22. The number of ether oxygens (including phenoxy) is 1. The summed E-state index contributed by atoms with van der Waals surface area (Å²) in [5.41, 5.74) is 1.27. The highest BCUT2D eigenvalue weighted by atomic mass is 16.6. The fourth-order valence-electron chi connectivity index (χ4n) is 1.40. The van der Waals surface area contributed by atoms with Crippen molar-refractivity contribution in [3.63, 3.8) is 0 Å². The minimum absolute atomic E-state index is 0.183. The zero-order chi connectivity index (χ0) is 12.6. The van der Waals surface area contributed by atoms with E-state index in [0.717, 1.165) is 25.7 Å². The van der Waals surface area contributed by atoms with Gasteiger partial charge in [0.05, 0.1) is 0 Å². The van der Waals surface area contributed by atoms with Gasteiger partial charge in [-0.25, -0.2) is 0 Å². The van der Waals surface area contributed by atoms with E-state index in [9.17, 15) is 5.11 Å². The molecule has 0 fully saturated rings. The van der Waals surface area contributed by atoms with Gasteiger partial charge in [-0.3, -0.25) is 0 Å². The van der Waals surface area contributed by atoms with Crippen molar-refractivity contribution in [2.45, 2.75) is 66.6 Å². The fourth-order valence-corrected chi connectivity index (χ4v) is 1.40. The third-order valence-corrected chi connectivity index (χ3v) is 2.53. The van der Waals surface area contributed by atoms with Crippen LogP contribution < -0.4 is 0 Å². The van der Waals surface area contributed by atoms with Crippen LogP contribution in [0.4, 0.5) is 0 Å². The Labute approximate surface area is 101 Å². The maximum atomic E-state index is 9.64. The van der Waals surface area contributed by atoms with Crippen LogP contribution in [0.1, 0.15) is 60.3 Å². The Morgan fingerprint density at radius 3 is 2.44 bits per heavy atom. The topological polar surface area (TPSA) is 29.5 Å². The molecule has 1 unspecified atom stereocenters. The van der Waals surface area contributed by atoms with Crippen LogP contribution in [0.5, 0.6) is 0 Å². The molecule has 0 aromatic carbocycles. The van der Waals surface area contributed by atoms with E-state index in [-0.39, 0.29) is 5.41 Å². The van der Waals surface area contributed by atoms with Gasteiger partial charge >= 0.3 is 0 Å². The Bertz CT molecular complexity index is 201. The first-order valence-corrected chi connectivity index (χ1v) is 6.33. The van der Waals surface area contributed by atoms with Gasteiger partial charge in [-0.1, -0.05) is 39.3 Å². The van der Waals surface area contributed by atoms with Crippen LogP contribution in [0.3, 0.4) is 0 Å². The molecule has 2 heteroatoms. The number of aliphatic hydroxyl groups excluding tert-OH is 1. The lowest BCUT2D eigenvalue weighted by Crippen LogP contribution is -2.29. The summed E-state index contributed by atoms with van der Waals surface area (Å²) in [4.78, 5) is 0. The van der Waals surface area contributed by atoms with Crippen LogP contribution in [0.15, 0.2) is 11.6 Å². The number of rotatable bonds is 7. The Balaban J connectivity index is 3.51. The quantitative estimate of drug-likeness (QED) is 0.407. The summed E-state index contributed by atoms with van der Waals surface area (Å²) < 4.78 is 5.38. The van der Waals surface area contributed by atoms with Crippen molar-refractivity contribution in [3.8, 4) is 0 Å². The first-order chi connectivity index (χ1) is 7.38. The van der Waals surface area contributed by atoms with Gasteiger partial charge in [0.15, 0.2) is 6.29 Å². The van der Waals surface area contributed by atoms with E-state index in [2.05, 4.69) is 19.9 Å². The smallest absolute Gasteiger partial charge is 0.159 e. The Kier molecular flexibility index (Phi) is 7.69. The van der Waals surface area contributed by atoms with Crippen molar-refractivity contribution in [3.05, 3.63) is 11.6 Å². The molecule has 0 aromatic heterocycles. The maximum absolute atomic E-state index is 9.64. The standard InChI is InChI=1S/C14H28O2/c1-6-9-12(2)10-7-8-11-16-13(15)14(3,4)5/h9,13,15H,6-8,10-11H2,1-5H3/b12-9+. The van der Waals surface area contributed by atoms with Crippen LogP contribution in [-0.4, -0.2) is 18.0 Å². The normalized spacial score (nSPS) is 15.2.